The summed E-state index contributed by atoms with van der Waals surface area (Å²) in [6.45, 7) is 7.83. The maximum atomic E-state index is 12.1. The topological polar surface area (TPSA) is 71.1 Å². The molecule has 0 bridgehead atoms. The summed E-state index contributed by atoms with van der Waals surface area (Å²) < 4.78 is 0. The van der Waals surface area contributed by atoms with Crippen LogP contribution in [0.4, 0.5) is 11.4 Å². The lowest BCUT2D eigenvalue weighted by molar-refractivity contribution is -0.116. The second-order valence-electron chi connectivity index (χ2n) is 6.69. The number of thiazole rings is 1. The predicted octanol–water partition coefficient (Wildman–Crippen LogP) is 3.97. The van der Waals surface area contributed by atoms with Gasteiger partial charge < -0.3 is 10.6 Å². The zero-order valence-corrected chi connectivity index (χ0v) is 15.3. The molecule has 0 radical (unpaired) electrons. The minimum Gasteiger partial charge on any atom is -0.326 e. The van der Waals surface area contributed by atoms with E-state index in [1.54, 1.807) is 35.6 Å². The van der Waals surface area contributed by atoms with E-state index in [1.165, 1.54) is 6.92 Å². The van der Waals surface area contributed by atoms with E-state index >= 15 is 0 Å². The van der Waals surface area contributed by atoms with E-state index in [0.29, 0.717) is 24.2 Å². The molecular weight excluding hydrogens is 322 g/mol. The standard InChI is InChI=1S/C18H23N3O2S/c1-12(22)19-13-6-5-7-14(10-13)20-16(23)8-9-17-21-15(11-24-17)18(2,3)4/h5-7,10-11H,8-9H2,1-4H3,(H,19,22)(H,20,23). The Bertz CT molecular complexity index is 732. The van der Waals surface area contributed by atoms with Crippen LogP contribution >= 0.6 is 11.3 Å². The van der Waals surface area contributed by atoms with Crippen LogP contribution in [0.15, 0.2) is 29.6 Å². The molecule has 1 aromatic heterocycles. The molecular formula is C18H23N3O2S. The highest BCUT2D eigenvalue weighted by molar-refractivity contribution is 7.09. The minimum atomic E-state index is -0.142. The molecule has 0 aliphatic carbocycles. The van der Waals surface area contributed by atoms with Gasteiger partial charge in [0, 0.05) is 41.9 Å². The van der Waals surface area contributed by atoms with E-state index in [2.05, 4.69) is 41.8 Å². The molecule has 24 heavy (non-hydrogen) atoms. The normalized spacial score (nSPS) is 11.2. The Morgan fingerprint density at radius 2 is 1.83 bits per heavy atom. The Morgan fingerprint density at radius 1 is 1.17 bits per heavy atom. The van der Waals surface area contributed by atoms with Gasteiger partial charge in [-0.3, -0.25) is 9.59 Å². The van der Waals surface area contributed by atoms with Gasteiger partial charge in [0.25, 0.3) is 0 Å². The Labute approximate surface area is 146 Å². The van der Waals surface area contributed by atoms with Crippen molar-refractivity contribution < 1.29 is 9.59 Å². The number of aryl methyl sites for hydroxylation is 1. The minimum absolute atomic E-state index is 0.0289. The summed E-state index contributed by atoms with van der Waals surface area (Å²) in [5.41, 5.74) is 2.42. The number of nitrogens with zero attached hydrogens (tertiary/aromatic N) is 1. The van der Waals surface area contributed by atoms with E-state index in [1.807, 2.05) is 0 Å². The smallest absolute Gasteiger partial charge is 0.224 e. The number of hydrogen-bond acceptors (Lipinski definition) is 4. The summed E-state index contributed by atoms with van der Waals surface area (Å²) >= 11 is 1.60. The lowest BCUT2D eigenvalue weighted by Crippen LogP contribution is -2.14. The Hall–Kier alpha value is -2.21. The quantitative estimate of drug-likeness (QED) is 0.861. The van der Waals surface area contributed by atoms with Crippen LogP contribution in [0, 0.1) is 0 Å². The van der Waals surface area contributed by atoms with Crippen molar-refractivity contribution >= 4 is 34.5 Å². The number of benzene rings is 1. The molecule has 2 amide bonds. The molecule has 128 valence electrons. The molecule has 0 aliphatic rings. The predicted molar refractivity (Wildman–Crippen MR) is 98.5 cm³/mol. The van der Waals surface area contributed by atoms with Gasteiger partial charge in [-0.1, -0.05) is 26.8 Å². The molecule has 0 saturated heterocycles. The molecule has 0 aliphatic heterocycles. The van der Waals surface area contributed by atoms with Crippen molar-refractivity contribution in [3.05, 3.63) is 40.3 Å². The fraction of sp³-hybridized carbons (Fsp3) is 0.389. The van der Waals surface area contributed by atoms with Crippen LogP contribution in [-0.4, -0.2) is 16.8 Å². The first-order chi connectivity index (χ1) is 11.2. The first kappa shape index (κ1) is 18.1. The zero-order valence-electron chi connectivity index (χ0n) is 14.5. The summed E-state index contributed by atoms with van der Waals surface area (Å²) in [6.07, 6.45) is 0.999. The molecule has 5 nitrogen and oxygen atoms in total. The Balaban J connectivity index is 1.89. The molecule has 0 atom stereocenters. The van der Waals surface area contributed by atoms with E-state index in [-0.39, 0.29) is 17.2 Å². The van der Waals surface area contributed by atoms with Gasteiger partial charge in [-0.2, -0.15) is 0 Å². The second kappa shape index (κ2) is 7.57. The molecule has 0 spiro atoms. The first-order valence-corrected chi connectivity index (χ1v) is 8.74. The Morgan fingerprint density at radius 3 is 2.42 bits per heavy atom. The molecule has 6 heteroatoms. The highest BCUT2D eigenvalue weighted by atomic mass is 32.1. The summed E-state index contributed by atoms with van der Waals surface area (Å²) in [4.78, 5) is 27.8. The summed E-state index contributed by atoms with van der Waals surface area (Å²) in [5, 5.41) is 8.58. The molecule has 0 fully saturated rings. The van der Waals surface area contributed by atoms with Crippen LogP contribution in [-0.2, 0) is 21.4 Å². The lowest BCUT2D eigenvalue weighted by Gasteiger charge is -2.14. The summed E-state index contributed by atoms with van der Waals surface area (Å²) in [6, 6.07) is 7.10. The van der Waals surface area contributed by atoms with E-state index < -0.39 is 0 Å². The summed E-state index contributed by atoms with van der Waals surface area (Å²) in [7, 11) is 0. The van der Waals surface area contributed by atoms with Gasteiger partial charge in [-0.15, -0.1) is 11.3 Å². The fourth-order valence-electron chi connectivity index (χ4n) is 2.09. The van der Waals surface area contributed by atoms with Crippen molar-refractivity contribution in [3.8, 4) is 0 Å². The zero-order chi connectivity index (χ0) is 17.7. The van der Waals surface area contributed by atoms with Crippen molar-refractivity contribution in [1.29, 1.82) is 0 Å². The number of aromatic nitrogens is 1. The van der Waals surface area contributed by atoms with E-state index in [4.69, 9.17) is 0 Å². The van der Waals surface area contributed by atoms with Crippen molar-refractivity contribution in [2.75, 3.05) is 10.6 Å². The van der Waals surface area contributed by atoms with Gasteiger partial charge in [-0.05, 0) is 18.2 Å². The van der Waals surface area contributed by atoms with E-state index in [9.17, 15) is 9.59 Å². The first-order valence-electron chi connectivity index (χ1n) is 7.86. The second-order valence-corrected chi connectivity index (χ2v) is 7.63. The van der Waals surface area contributed by atoms with Crippen molar-refractivity contribution in [2.24, 2.45) is 0 Å². The third-order valence-electron chi connectivity index (χ3n) is 3.35. The van der Waals surface area contributed by atoms with Crippen molar-refractivity contribution in [1.82, 2.24) is 4.98 Å². The lowest BCUT2D eigenvalue weighted by atomic mass is 9.93. The number of carbonyl (C=O) groups is 2. The van der Waals surface area contributed by atoms with Gasteiger partial charge in [0.1, 0.15) is 0 Å². The maximum Gasteiger partial charge on any atom is 0.224 e. The molecule has 1 aromatic carbocycles. The molecule has 1 heterocycles. The van der Waals surface area contributed by atoms with Crippen LogP contribution in [0.2, 0.25) is 0 Å². The number of rotatable bonds is 5. The van der Waals surface area contributed by atoms with Crippen molar-refractivity contribution in [3.63, 3.8) is 0 Å². The van der Waals surface area contributed by atoms with Crippen LogP contribution in [0.5, 0.6) is 0 Å². The van der Waals surface area contributed by atoms with Gasteiger partial charge in [-0.25, -0.2) is 4.98 Å². The number of carbonyl (C=O) groups excluding carboxylic acids is 2. The average Bonchev–Trinajstić information content (AvgIpc) is 2.94. The molecule has 2 rings (SSSR count). The van der Waals surface area contributed by atoms with Gasteiger partial charge in [0.2, 0.25) is 11.8 Å². The van der Waals surface area contributed by atoms with Gasteiger partial charge in [0.15, 0.2) is 0 Å². The highest BCUT2D eigenvalue weighted by Crippen LogP contribution is 2.24. The van der Waals surface area contributed by atoms with Gasteiger partial charge in [0.05, 0.1) is 10.7 Å². The van der Waals surface area contributed by atoms with Crippen LogP contribution < -0.4 is 10.6 Å². The third kappa shape index (κ3) is 5.45. The van der Waals surface area contributed by atoms with Crippen LogP contribution in [0.3, 0.4) is 0 Å². The monoisotopic (exact) mass is 345 g/mol. The Kier molecular flexibility index (Phi) is 5.72. The van der Waals surface area contributed by atoms with Crippen LogP contribution in [0.25, 0.3) is 0 Å². The fourth-order valence-corrected chi connectivity index (χ4v) is 3.12. The largest absolute Gasteiger partial charge is 0.326 e. The number of nitrogens with one attached hydrogen (secondary N) is 2. The average molecular weight is 345 g/mol. The third-order valence-corrected chi connectivity index (χ3v) is 4.26. The van der Waals surface area contributed by atoms with Gasteiger partial charge >= 0.3 is 0 Å². The number of anilines is 2. The van der Waals surface area contributed by atoms with Crippen LogP contribution in [0.1, 0.15) is 44.8 Å². The highest BCUT2D eigenvalue weighted by Gasteiger charge is 2.17. The SMILES string of the molecule is CC(=O)Nc1cccc(NC(=O)CCc2nc(C(C)(C)C)cs2)c1. The van der Waals surface area contributed by atoms with Crippen molar-refractivity contribution in [2.45, 2.75) is 46.0 Å². The number of hydrogen-bond donors (Lipinski definition) is 2. The molecule has 0 saturated carbocycles. The molecule has 2 N–H and O–H groups in total. The summed E-state index contributed by atoms with van der Waals surface area (Å²) in [5.74, 6) is -0.209. The molecule has 0 unspecified atom stereocenters. The maximum absolute atomic E-state index is 12.1. The van der Waals surface area contributed by atoms with E-state index in [0.717, 1.165) is 10.7 Å². The molecule has 2 aromatic rings. The number of amides is 2.